The molecule has 228 valence electrons. The number of hydrogen-bond donors (Lipinski definition) is 5. The number of methoxy groups -OCH3 is 1. The van der Waals surface area contributed by atoms with E-state index in [1.165, 1.54) is 17.8 Å². The molecule has 5 rings (SSSR count). The van der Waals surface area contributed by atoms with Crippen LogP contribution in [0.4, 0.5) is 5.82 Å². The van der Waals surface area contributed by atoms with Gasteiger partial charge in [-0.15, -0.1) is 11.8 Å². The molecule has 3 aromatic heterocycles. The number of aliphatic hydroxyl groups is 1. The minimum atomic E-state index is -1.26. The molecule has 0 spiro atoms. The fraction of sp³-hybridized carbons (Fsp3) is 0.357. The summed E-state index contributed by atoms with van der Waals surface area (Å²) >= 11 is 1.49. The largest absolute Gasteiger partial charge is 0.495 e. The SMILES string of the molecule is COc1cnc2ccc(=O)n(CCN3C[C@H](CNCc4ccc5c(n4)NC(=O)CS5)[C@H](O)C3)c2c1.O=C(O)/C=C/C(=O)O. The van der Waals surface area contributed by atoms with Crippen molar-refractivity contribution in [2.24, 2.45) is 5.92 Å². The lowest BCUT2D eigenvalue weighted by molar-refractivity contribution is -0.134. The number of fused-ring (bicyclic) bond motifs is 2. The van der Waals surface area contributed by atoms with Crippen LogP contribution in [0.3, 0.4) is 0 Å². The Kier molecular flexibility index (Phi) is 10.8. The van der Waals surface area contributed by atoms with Crippen molar-refractivity contribution >= 4 is 46.5 Å². The van der Waals surface area contributed by atoms with Gasteiger partial charge >= 0.3 is 11.9 Å². The van der Waals surface area contributed by atoms with E-state index < -0.39 is 18.0 Å². The normalized spacial score (nSPS) is 18.1. The summed E-state index contributed by atoms with van der Waals surface area (Å²) in [6, 6.07) is 9.02. The second-order valence-electron chi connectivity index (χ2n) is 9.82. The molecule has 3 aromatic rings. The zero-order chi connectivity index (χ0) is 30.9. The predicted molar refractivity (Wildman–Crippen MR) is 158 cm³/mol. The van der Waals surface area contributed by atoms with Crippen LogP contribution in [0.2, 0.25) is 0 Å². The molecule has 5 N–H and O–H groups in total. The van der Waals surface area contributed by atoms with Gasteiger partial charge in [0.15, 0.2) is 0 Å². The van der Waals surface area contributed by atoms with Gasteiger partial charge in [-0.05, 0) is 18.2 Å². The Morgan fingerprint density at radius 2 is 1.91 bits per heavy atom. The molecule has 2 aliphatic rings. The summed E-state index contributed by atoms with van der Waals surface area (Å²) in [7, 11) is 1.58. The third-order valence-electron chi connectivity index (χ3n) is 6.78. The topological polar surface area (TPSA) is 196 Å². The molecule has 2 atom stereocenters. The first-order valence-corrected chi connectivity index (χ1v) is 14.3. The molecular weight excluding hydrogens is 580 g/mol. The van der Waals surface area contributed by atoms with Gasteiger partial charge in [0.2, 0.25) is 5.91 Å². The Morgan fingerprint density at radius 3 is 2.63 bits per heavy atom. The molecule has 15 heteroatoms. The summed E-state index contributed by atoms with van der Waals surface area (Å²) < 4.78 is 6.98. The van der Waals surface area contributed by atoms with Crippen molar-refractivity contribution in [3.63, 3.8) is 0 Å². The molecule has 0 unspecified atom stereocenters. The predicted octanol–water partition coefficient (Wildman–Crippen LogP) is 0.639. The number of nitrogens with zero attached hydrogens (tertiary/aromatic N) is 4. The maximum absolute atomic E-state index is 12.5. The number of aromatic nitrogens is 3. The number of likely N-dealkylation sites (tertiary alicyclic amines) is 1. The van der Waals surface area contributed by atoms with Gasteiger partial charge in [0.1, 0.15) is 11.6 Å². The number of pyridine rings is 3. The molecule has 1 amide bonds. The van der Waals surface area contributed by atoms with Gasteiger partial charge in [0.05, 0.1) is 46.8 Å². The number of carboxylic acid groups (broad SMARTS) is 2. The number of amides is 1. The highest BCUT2D eigenvalue weighted by molar-refractivity contribution is 8.00. The number of ether oxygens (including phenoxy) is 1. The average Bonchev–Trinajstić information content (AvgIpc) is 3.34. The second kappa shape index (κ2) is 14.7. The van der Waals surface area contributed by atoms with Crippen LogP contribution in [0.25, 0.3) is 11.0 Å². The van der Waals surface area contributed by atoms with E-state index in [2.05, 4.69) is 25.5 Å². The van der Waals surface area contributed by atoms with Crippen molar-refractivity contribution in [2.75, 3.05) is 44.4 Å². The maximum atomic E-state index is 12.5. The van der Waals surface area contributed by atoms with Crippen LogP contribution in [0, 0.1) is 5.92 Å². The number of β-amino-alcohol motifs (C(OH)–C–C–N with tert-alkyl or cyclic N) is 1. The summed E-state index contributed by atoms with van der Waals surface area (Å²) in [6.45, 7) is 3.64. The van der Waals surface area contributed by atoms with Crippen LogP contribution in [0.15, 0.2) is 58.4 Å². The molecule has 14 nitrogen and oxygen atoms in total. The molecule has 0 bridgehead atoms. The second-order valence-corrected chi connectivity index (χ2v) is 10.8. The number of thioether (sulfide) groups is 1. The number of aliphatic hydroxyl groups excluding tert-OH is 1. The minimum Gasteiger partial charge on any atom is -0.495 e. The lowest BCUT2D eigenvalue weighted by atomic mass is 10.1. The monoisotopic (exact) mass is 612 g/mol. The van der Waals surface area contributed by atoms with Crippen LogP contribution < -0.4 is 20.9 Å². The molecule has 0 radical (unpaired) electrons. The quantitative estimate of drug-likeness (QED) is 0.200. The van der Waals surface area contributed by atoms with E-state index in [1.807, 2.05) is 18.2 Å². The highest BCUT2D eigenvalue weighted by Gasteiger charge is 2.30. The highest BCUT2D eigenvalue weighted by Crippen LogP contribution is 2.29. The first-order valence-electron chi connectivity index (χ1n) is 13.3. The van der Waals surface area contributed by atoms with Crippen molar-refractivity contribution in [3.8, 4) is 5.75 Å². The molecular formula is C28H32N6O8S. The van der Waals surface area contributed by atoms with E-state index in [-0.39, 0.29) is 17.4 Å². The Labute approximate surface area is 250 Å². The maximum Gasteiger partial charge on any atom is 0.328 e. The van der Waals surface area contributed by atoms with Gasteiger partial charge in [-0.3, -0.25) is 19.5 Å². The standard InChI is InChI=1S/C24H28N6O4S.C4H4O4/c1-34-17-8-19-18(26-11-17)3-5-23(33)30(19)7-6-29-12-15(20(31)13-29)9-25-10-16-2-4-21-24(27-16)28-22(32)14-35-21;5-3(6)1-2-4(7)8/h2-5,8,11,15,20,25,31H,6-7,9-10,12-14H2,1H3,(H,27,28,32);1-2H,(H,5,6)(H,7,8)/b;2-1+/t15-,20+;/m0./s1. The van der Waals surface area contributed by atoms with Gasteiger partial charge in [0, 0.05) is 69.5 Å². The zero-order valence-electron chi connectivity index (χ0n) is 23.3. The molecule has 0 aromatic carbocycles. The van der Waals surface area contributed by atoms with Gasteiger partial charge in [-0.25, -0.2) is 14.6 Å². The Bertz CT molecular complexity index is 1560. The molecule has 1 fully saturated rings. The number of anilines is 1. The lowest BCUT2D eigenvalue weighted by Gasteiger charge is -2.18. The Hall–Kier alpha value is -4.31. The molecule has 0 saturated carbocycles. The smallest absolute Gasteiger partial charge is 0.328 e. The number of carboxylic acids is 2. The number of hydrogen-bond acceptors (Lipinski definition) is 11. The van der Waals surface area contributed by atoms with E-state index in [4.69, 9.17) is 14.9 Å². The van der Waals surface area contributed by atoms with Crippen LogP contribution in [-0.4, -0.2) is 97.7 Å². The molecule has 2 aliphatic heterocycles. The van der Waals surface area contributed by atoms with E-state index >= 15 is 0 Å². The molecule has 0 aliphatic carbocycles. The van der Waals surface area contributed by atoms with Gasteiger partial charge in [0.25, 0.3) is 5.56 Å². The fourth-order valence-electron chi connectivity index (χ4n) is 4.69. The molecule has 5 heterocycles. The van der Waals surface area contributed by atoms with Crippen LogP contribution in [0.1, 0.15) is 5.69 Å². The van der Waals surface area contributed by atoms with Crippen LogP contribution in [-0.2, 0) is 27.5 Å². The van der Waals surface area contributed by atoms with Crippen molar-refractivity contribution in [1.82, 2.24) is 24.8 Å². The summed E-state index contributed by atoms with van der Waals surface area (Å²) in [6.07, 6.45) is 2.31. The average molecular weight is 613 g/mol. The first kappa shape index (κ1) is 31.6. The highest BCUT2D eigenvalue weighted by atomic mass is 32.2. The van der Waals surface area contributed by atoms with Gasteiger partial charge in [-0.1, -0.05) is 0 Å². The number of carbonyl (C=O) groups excluding carboxylic acids is 1. The van der Waals surface area contributed by atoms with Crippen molar-refractivity contribution in [3.05, 3.63) is 64.7 Å². The van der Waals surface area contributed by atoms with Crippen molar-refractivity contribution in [1.29, 1.82) is 0 Å². The number of carbonyl (C=O) groups is 3. The van der Waals surface area contributed by atoms with Gasteiger partial charge < -0.3 is 35.3 Å². The summed E-state index contributed by atoms with van der Waals surface area (Å²) in [5.74, 6) is -0.824. The van der Waals surface area contributed by atoms with E-state index in [0.717, 1.165) is 28.2 Å². The molecule has 43 heavy (non-hydrogen) atoms. The fourth-order valence-corrected chi connectivity index (χ4v) is 5.44. The van der Waals surface area contributed by atoms with Crippen LogP contribution in [0.5, 0.6) is 5.75 Å². The Morgan fingerprint density at radius 1 is 1.14 bits per heavy atom. The van der Waals surface area contributed by atoms with E-state index in [1.54, 1.807) is 23.9 Å². The summed E-state index contributed by atoms with van der Waals surface area (Å²) in [5, 5.41) is 32.4. The zero-order valence-corrected chi connectivity index (χ0v) is 24.1. The molecule has 1 saturated heterocycles. The first-order chi connectivity index (χ1) is 20.6. The summed E-state index contributed by atoms with van der Waals surface area (Å²) in [5.41, 5.74) is 2.23. The van der Waals surface area contributed by atoms with Crippen molar-refractivity contribution < 1.29 is 34.4 Å². The van der Waals surface area contributed by atoms with Crippen molar-refractivity contribution in [2.45, 2.75) is 24.1 Å². The third-order valence-corrected chi connectivity index (χ3v) is 7.83. The van der Waals surface area contributed by atoms with Gasteiger partial charge in [-0.2, -0.15) is 0 Å². The van der Waals surface area contributed by atoms with E-state index in [0.29, 0.717) is 62.2 Å². The minimum absolute atomic E-state index is 0.0320. The van der Waals surface area contributed by atoms with E-state index in [9.17, 15) is 24.3 Å². The summed E-state index contributed by atoms with van der Waals surface area (Å²) in [4.78, 5) is 55.3. The Balaban J connectivity index is 0.000000467. The van der Waals surface area contributed by atoms with Crippen LogP contribution >= 0.6 is 11.8 Å². The number of nitrogens with one attached hydrogen (secondary N) is 2. The lowest BCUT2D eigenvalue weighted by Crippen LogP contribution is -2.31. The number of aliphatic carboxylic acids is 2. The third kappa shape index (κ3) is 8.84. The number of rotatable bonds is 10.